The molecule has 0 aliphatic heterocycles. The normalized spacial score (nSPS) is 12.5. The van der Waals surface area contributed by atoms with Crippen molar-refractivity contribution in [2.45, 2.75) is 18.4 Å². The van der Waals surface area contributed by atoms with Gasteiger partial charge in [0.25, 0.3) is 5.91 Å². The molecule has 0 aliphatic carbocycles. The second-order valence-electron chi connectivity index (χ2n) is 7.29. The highest BCUT2D eigenvalue weighted by Crippen LogP contribution is 2.23. The highest BCUT2D eigenvalue weighted by Gasteiger charge is 2.22. The van der Waals surface area contributed by atoms with Crippen LogP contribution in [0.5, 0.6) is 5.75 Å². The summed E-state index contributed by atoms with van der Waals surface area (Å²) >= 11 is 1.38. The van der Waals surface area contributed by atoms with Gasteiger partial charge in [-0.25, -0.2) is 8.42 Å². The van der Waals surface area contributed by atoms with Crippen LogP contribution in [0.1, 0.15) is 23.0 Å². The van der Waals surface area contributed by atoms with Crippen LogP contribution in [0, 0.1) is 0 Å². The van der Waals surface area contributed by atoms with Crippen molar-refractivity contribution in [2.75, 3.05) is 13.7 Å². The molecule has 8 nitrogen and oxygen atoms in total. The van der Waals surface area contributed by atoms with Crippen LogP contribution in [-0.4, -0.2) is 36.9 Å². The largest absolute Gasteiger partial charge is 0.494 e. The summed E-state index contributed by atoms with van der Waals surface area (Å²) in [7, 11) is -0.412. The third kappa shape index (κ3) is 4.77. The first kappa shape index (κ1) is 23.0. The molecule has 4 aromatic rings. The average Bonchev–Trinajstić information content (AvgIpc) is 3.42. The predicted molar refractivity (Wildman–Crippen MR) is 126 cm³/mol. The minimum atomic E-state index is -3.73. The van der Waals surface area contributed by atoms with E-state index in [9.17, 15) is 13.2 Å². The van der Waals surface area contributed by atoms with E-state index in [-0.39, 0.29) is 11.4 Å². The molecular formula is C23H23N3O5S2. The summed E-state index contributed by atoms with van der Waals surface area (Å²) in [6.07, 6.45) is 1.49. The molecule has 10 heteroatoms. The molecule has 0 aliphatic rings. The number of hydrogen-bond donors (Lipinski definition) is 0. The van der Waals surface area contributed by atoms with Crippen LogP contribution in [0.3, 0.4) is 0 Å². The molecule has 2 aromatic carbocycles. The number of nitrogens with zero attached hydrogens (tertiary/aromatic N) is 3. The van der Waals surface area contributed by atoms with E-state index in [2.05, 4.69) is 4.99 Å². The fourth-order valence-corrected chi connectivity index (χ4v) is 5.47. The molecule has 0 spiro atoms. The topological polar surface area (TPSA) is 94.1 Å². The van der Waals surface area contributed by atoms with E-state index in [0.29, 0.717) is 22.7 Å². The number of fused-ring (bicyclic) bond motifs is 1. The van der Waals surface area contributed by atoms with Gasteiger partial charge >= 0.3 is 0 Å². The Hall–Kier alpha value is -3.21. The summed E-state index contributed by atoms with van der Waals surface area (Å²) in [5.74, 6) is 0.852. The fourth-order valence-electron chi connectivity index (χ4n) is 3.29. The molecule has 0 saturated carbocycles. The maximum absolute atomic E-state index is 12.8. The smallest absolute Gasteiger partial charge is 0.279 e. The number of carbonyl (C=O) groups excluding carboxylic acids is 1. The molecule has 1 amide bonds. The molecule has 0 unspecified atom stereocenters. The van der Waals surface area contributed by atoms with Gasteiger partial charge in [-0.1, -0.05) is 11.3 Å². The monoisotopic (exact) mass is 485 g/mol. The van der Waals surface area contributed by atoms with E-state index in [1.54, 1.807) is 12.1 Å². The van der Waals surface area contributed by atoms with E-state index >= 15 is 0 Å². The van der Waals surface area contributed by atoms with Crippen LogP contribution in [0.2, 0.25) is 0 Å². The Balaban J connectivity index is 1.57. The van der Waals surface area contributed by atoms with E-state index < -0.39 is 15.9 Å². The van der Waals surface area contributed by atoms with Crippen molar-refractivity contribution in [1.82, 2.24) is 8.87 Å². The van der Waals surface area contributed by atoms with Gasteiger partial charge in [0.05, 0.1) is 34.5 Å². The van der Waals surface area contributed by atoms with Crippen molar-refractivity contribution < 1.29 is 22.4 Å². The average molecular weight is 486 g/mol. The number of rotatable bonds is 7. The zero-order chi connectivity index (χ0) is 23.6. The summed E-state index contributed by atoms with van der Waals surface area (Å²) in [5, 5.41) is 0. The Morgan fingerprint density at radius 2 is 1.94 bits per heavy atom. The van der Waals surface area contributed by atoms with Gasteiger partial charge in [0, 0.05) is 19.7 Å². The van der Waals surface area contributed by atoms with Crippen molar-refractivity contribution in [1.29, 1.82) is 0 Å². The molecular weight excluding hydrogens is 462 g/mol. The van der Waals surface area contributed by atoms with Crippen molar-refractivity contribution in [3.8, 4) is 5.75 Å². The molecule has 0 radical (unpaired) electrons. The lowest BCUT2D eigenvalue weighted by atomic mass is 10.2. The number of carbonyl (C=O) groups is 1. The van der Waals surface area contributed by atoms with Crippen LogP contribution in [0.4, 0.5) is 0 Å². The third-order valence-corrected chi connectivity index (χ3v) is 7.97. The number of aryl methyl sites for hydroxylation is 1. The van der Waals surface area contributed by atoms with Gasteiger partial charge < -0.3 is 13.7 Å². The van der Waals surface area contributed by atoms with Crippen molar-refractivity contribution >= 4 is 37.5 Å². The van der Waals surface area contributed by atoms with Crippen LogP contribution >= 0.6 is 11.3 Å². The Labute approximate surface area is 195 Å². The fraction of sp³-hybridized carbons (Fsp3) is 0.217. The molecule has 4 rings (SSSR count). The van der Waals surface area contributed by atoms with Gasteiger partial charge in [-0.15, -0.1) is 0 Å². The molecule has 0 bridgehead atoms. The number of furan rings is 1. The molecule has 2 heterocycles. The van der Waals surface area contributed by atoms with Crippen LogP contribution in [0.25, 0.3) is 10.2 Å². The first-order valence-electron chi connectivity index (χ1n) is 10.2. The number of ether oxygens (including phenoxy) is 1. The molecule has 0 saturated heterocycles. The first-order chi connectivity index (χ1) is 15.8. The molecule has 0 N–H and O–H groups in total. The van der Waals surface area contributed by atoms with Crippen LogP contribution < -0.4 is 9.54 Å². The van der Waals surface area contributed by atoms with Gasteiger partial charge in [0.1, 0.15) is 11.5 Å². The lowest BCUT2D eigenvalue weighted by Gasteiger charge is -2.16. The summed E-state index contributed by atoms with van der Waals surface area (Å²) in [6.45, 7) is 2.60. The summed E-state index contributed by atoms with van der Waals surface area (Å²) < 4.78 is 40.4. The zero-order valence-corrected chi connectivity index (χ0v) is 20.0. The van der Waals surface area contributed by atoms with E-state index in [4.69, 9.17) is 9.15 Å². The molecule has 0 atom stereocenters. The predicted octanol–water partition coefficient (Wildman–Crippen LogP) is 3.79. The minimum Gasteiger partial charge on any atom is -0.494 e. The lowest BCUT2D eigenvalue weighted by molar-refractivity contribution is 0.0998. The molecule has 2 aromatic heterocycles. The first-order valence-corrected chi connectivity index (χ1v) is 12.5. The van der Waals surface area contributed by atoms with Gasteiger partial charge in [-0.3, -0.25) is 4.79 Å². The van der Waals surface area contributed by atoms with Crippen LogP contribution in [-0.2, 0) is 23.6 Å². The summed E-state index contributed by atoms with van der Waals surface area (Å²) in [5.41, 5.74) is 1.24. The van der Waals surface area contributed by atoms with Crippen molar-refractivity contribution in [3.63, 3.8) is 0 Å². The Bertz CT molecular complexity index is 1450. The third-order valence-electron chi connectivity index (χ3n) is 5.06. The summed E-state index contributed by atoms with van der Waals surface area (Å²) in [4.78, 5) is 17.6. The maximum Gasteiger partial charge on any atom is 0.279 e. The number of hydrogen-bond acceptors (Lipinski definition) is 6. The molecule has 172 valence electrons. The maximum atomic E-state index is 12.8. The van der Waals surface area contributed by atoms with Crippen LogP contribution in [0.15, 0.2) is 75.2 Å². The molecule has 0 fully saturated rings. The van der Waals surface area contributed by atoms with E-state index in [1.807, 2.05) is 36.7 Å². The second kappa shape index (κ2) is 9.34. The zero-order valence-electron chi connectivity index (χ0n) is 18.4. The van der Waals surface area contributed by atoms with E-state index in [1.165, 1.54) is 53.2 Å². The number of thiazole rings is 1. The minimum absolute atomic E-state index is 0.0870. The van der Waals surface area contributed by atoms with Gasteiger partial charge in [0.15, 0.2) is 4.80 Å². The number of sulfonamides is 1. The van der Waals surface area contributed by atoms with E-state index in [0.717, 1.165) is 16.0 Å². The molecule has 33 heavy (non-hydrogen) atoms. The SMILES string of the molecule is CCOc1ccc2c(c1)sc(=NC(=O)c1ccc(S(=O)(=O)N(C)Cc3ccco3)cc1)n2C. The standard InChI is InChI=1S/C23H23N3O5S2/c1-4-30-17-9-12-20-21(14-17)32-23(26(20)3)24-22(27)16-7-10-19(11-8-16)33(28,29)25(2)15-18-6-5-13-31-18/h5-14H,4,15H2,1-3H3. The quantitative estimate of drug-likeness (QED) is 0.397. The Kier molecular flexibility index (Phi) is 6.50. The number of amides is 1. The van der Waals surface area contributed by atoms with Gasteiger partial charge in [-0.05, 0) is 61.5 Å². The highest BCUT2D eigenvalue weighted by molar-refractivity contribution is 7.89. The lowest BCUT2D eigenvalue weighted by Crippen LogP contribution is -2.26. The Morgan fingerprint density at radius 1 is 1.18 bits per heavy atom. The summed E-state index contributed by atoms with van der Waals surface area (Å²) in [6, 6.07) is 14.9. The highest BCUT2D eigenvalue weighted by atomic mass is 32.2. The number of benzene rings is 2. The van der Waals surface area contributed by atoms with Crippen molar-refractivity contribution in [3.05, 3.63) is 77.0 Å². The second-order valence-corrected chi connectivity index (χ2v) is 10.3. The number of aromatic nitrogens is 1. The Morgan fingerprint density at radius 3 is 2.61 bits per heavy atom. The van der Waals surface area contributed by atoms with Gasteiger partial charge in [0.2, 0.25) is 10.0 Å². The van der Waals surface area contributed by atoms with Crippen molar-refractivity contribution in [2.24, 2.45) is 12.0 Å². The van der Waals surface area contributed by atoms with Gasteiger partial charge in [-0.2, -0.15) is 9.30 Å².